The Bertz CT molecular complexity index is 253. The second-order valence-electron chi connectivity index (χ2n) is 2.66. The number of nitrogens with two attached hydrogens (primary N) is 1. The molecule has 1 rings (SSSR count). The van der Waals surface area contributed by atoms with Gasteiger partial charge in [-0.05, 0) is 6.54 Å². The minimum Gasteiger partial charge on any atom is -0.386 e. The summed E-state index contributed by atoms with van der Waals surface area (Å²) in [6.07, 6.45) is 0.945. The Labute approximate surface area is 80.2 Å². The van der Waals surface area contributed by atoms with Gasteiger partial charge in [-0.25, -0.2) is 4.98 Å². The number of thiazole rings is 1. The van der Waals surface area contributed by atoms with Crippen molar-refractivity contribution in [1.29, 1.82) is 0 Å². The lowest BCUT2D eigenvalue weighted by molar-refractivity contribution is 0.121. The quantitative estimate of drug-likeness (QED) is 0.787. The van der Waals surface area contributed by atoms with Crippen LogP contribution in [0.15, 0.2) is 6.20 Å². The Hall–Kier alpha value is -0.160. The number of hydrogen-bond donors (Lipinski definition) is 2. The van der Waals surface area contributed by atoms with Crippen LogP contribution < -0.4 is 5.73 Å². The average molecular weight is 207 g/mol. The highest BCUT2D eigenvalue weighted by Crippen LogP contribution is 2.27. The van der Waals surface area contributed by atoms with E-state index in [0.29, 0.717) is 15.9 Å². The van der Waals surface area contributed by atoms with Gasteiger partial charge in [-0.1, -0.05) is 18.5 Å². The summed E-state index contributed by atoms with van der Waals surface area (Å²) < 4.78 is 0.591. The van der Waals surface area contributed by atoms with Crippen molar-refractivity contribution >= 4 is 22.9 Å². The predicted molar refractivity (Wildman–Crippen MR) is 50.3 cm³/mol. The first-order valence-corrected chi connectivity index (χ1v) is 4.84. The highest BCUT2D eigenvalue weighted by molar-refractivity contribution is 7.15. The average Bonchev–Trinajstić information content (AvgIpc) is 2.49. The van der Waals surface area contributed by atoms with E-state index in [4.69, 9.17) is 17.3 Å². The maximum absolute atomic E-state index is 9.61. The van der Waals surface area contributed by atoms with Crippen LogP contribution in [-0.2, 0) is 0 Å². The van der Waals surface area contributed by atoms with Crippen LogP contribution >= 0.6 is 22.9 Å². The number of aliphatic hydroxyl groups is 1. The normalized spacial score (nSPS) is 16.0. The van der Waals surface area contributed by atoms with Crippen LogP contribution in [0.4, 0.5) is 0 Å². The fraction of sp³-hybridized carbons (Fsp3) is 0.571. The van der Waals surface area contributed by atoms with E-state index in [1.54, 1.807) is 0 Å². The topological polar surface area (TPSA) is 59.1 Å². The van der Waals surface area contributed by atoms with Crippen molar-refractivity contribution in [1.82, 2.24) is 4.98 Å². The van der Waals surface area contributed by atoms with Gasteiger partial charge in [0.05, 0.1) is 6.20 Å². The molecule has 0 radical (unpaired) electrons. The first-order valence-electron chi connectivity index (χ1n) is 3.64. The van der Waals surface area contributed by atoms with Gasteiger partial charge in [0.15, 0.2) is 0 Å². The summed E-state index contributed by atoms with van der Waals surface area (Å²) in [4.78, 5) is 3.97. The second kappa shape index (κ2) is 4.18. The van der Waals surface area contributed by atoms with E-state index in [1.165, 1.54) is 17.5 Å². The van der Waals surface area contributed by atoms with Crippen LogP contribution in [0, 0.1) is 5.92 Å². The second-order valence-corrected chi connectivity index (χ2v) is 4.35. The van der Waals surface area contributed by atoms with Crippen LogP contribution in [0.2, 0.25) is 4.34 Å². The molecule has 1 aromatic heterocycles. The van der Waals surface area contributed by atoms with Gasteiger partial charge in [0.1, 0.15) is 15.4 Å². The lowest BCUT2D eigenvalue weighted by Crippen LogP contribution is -2.18. The molecular weight excluding hydrogens is 196 g/mol. The van der Waals surface area contributed by atoms with Gasteiger partial charge in [-0.2, -0.15) is 0 Å². The fourth-order valence-corrected chi connectivity index (χ4v) is 1.83. The van der Waals surface area contributed by atoms with E-state index in [9.17, 15) is 5.11 Å². The van der Waals surface area contributed by atoms with Gasteiger partial charge in [0.2, 0.25) is 0 Å². The summed E-state index contributed by atoms with van der Waals surface area (Å²) in [7, 11) is 0. The van der Waals surface area contributed by atoms with E-state index < -0.39 is 6.10 Å². The van der Waals surface area contributed by atoms with Crippen LogP contribution in [0.25, 0.3) is 0 Å². The van der Waals surface area contributed by atoms with Gasteiger partial charge in [-0.3, -0.25) is 0 Å². The SMILES string of the molecule is CC(CN)C(O)c1ncc(Cl)s1. The zero-order valence-electron chi connectivity index (χ0n) is 6.70. The molecular formula is C7H11ClN2OS. The number of rotatable bonds is 3. The van der Waals surface area contributed by atoms with Gasteiger partial charge < -0.3 is 10.8 Å². The third-order valence-electron chi connectivity index (χ3n) is 1.66. The predicted octanol–water partition coefficient (Wildman–Crippen LogP) is 1.42. The standard InChI is InChI=1S/C7H11ClN2OS/c1-4(2-9)6(11)7-10-3-5(8)12-7/h3-4,6,11H,2,9H2,1H3. The minimum absolute atomic E-state index is 0.0206. The number of hydrogen-bond acceptors (Lipinski definition) is 4. The molecule has 0 aliphatic rings. The summed E-state index contributed by atoms with van der Waals surface area (Å²) in [5, 5.41) is 10.2. The molecule has 12 heavy (non-hydrogen) atoms. The first-order chi connectivity index (χ1) is 5.65. The molecule has 3 N–H and O–H groups in total. The van der Waals surface area contributed by atoms with Crippen molar-refractivity contribution in [3.8, 4) is 0 Å². The van der Waals surface area contributed by atoms with E-state index in [0.717, 1.165) is 0 Å². The molecule has 0 saturated heterocycles. The summed E-state index contributed by atoms with van der Waals surface area (Å²) in [5.41, 5.74) is 5.40. The molecule has 68 valence electrons. The van der Waals surface area contributed by atoms with Crippen LogP contribution in [0.5, 0.6) is 0 Å². The van der Waals surface area contributed by atoms with Crippen molar-refractivity contribution in [3.05, 3.63) is 15.5 Å². The van der Waals surface area contributed by atoms with Crippen molar-refractivity contribution in [2.75, 3.05) is 6.54 Å². The lowest BCUT2D eigenvalue weighted by Gasteiger charge is -2.13. The van der Waals surface area contributed by atoms with Crippen molar-refractivity contribution < 1.29 is 5.11 Å². The molecule has 5 heteroatoms. The monoisotopic (exact) mass is 206 g/mol. The maximum Gasteiger partial charge on any atom is 0.123 e. The molecule has 0 fully saturated rings. The molecule has 3 nitrogen and oxygen atoms in total. The van der Waals surface area contributed by atoms with Gasteiger partial charge in [0, 0.05) is 5.92 Å². The number of aliphatic hydroxyl groups excluding tert-OH is 1. The zero-order valence-corrected chi connectivity index (χ0v) is 8.27. The molecule has 0 bridgehead atoms. The van der Waals surface area contributed by atoms with Crippen molar-refractivity contribution in [3.63, 3.8) is 0 Å². The first kappa shape index (κ1) is 9.92. The third-order valence-corrected chi connectivity index (χ3v) is 2.84. The molecule has 0 aliphatic heterocycles. The molecule has 2 unspecified atom stereocenters. The molecule has 2 atom stereocenters. The number of nitrogens with zero attached hydrogens (tertiary/aromatic N) is 1. The van der Waals surface area contributed by atoms with Crippen molar-refractivity contribution in [2.45, 2.75) is 13.0 Å². The number of aromatic nitrogens is 1. The fourth-order valence-electron chi connectivity index (χ4n) is 0.776. The number of halogens is 1. The highest BCUT2D eigenvalue weighted by atomic mass is 35.5. The van der Waals surface area contributed by atoms with Crippen LogP contribution in [-0.4, -0.2) is 16.6 Å². The van der Waals surface area contributed by atoms with Crippen LogP contribution in [0.1, 0.15) is 18.0 Å². The van der Waals surface area contributed by atoms with Gasteiger partial charge in [-0.15, -0.1) is 11.3 Å². The summed E-state index contributed by atoms with van der Waals surface area (Å²) >= 11 is 6.95. The largest absolute Gasteiger partial charge is 0.386 e. The Morgan fingerprint density at radius 3 is 2.92 bits per heavy atom. The Balaban J connectivity index is 2.70. The van der Waals surface area contributed by atoms with Gasteiger partial charge >= 0.3 is 0 Å². The Morgan fingerprint density at radius 2 is 2.50 bits per heavy atom. The van der Waals surface area contributed by atoms with Crippen LogP contribution in [0.3, 0.4) is 0 Å². The molecule has 1 heterocycles. The molecule has 0 spiro atoms. The highest BCUT2D eigenvalue weighted by Gasteiger charge is 2.17. The Kier molecular flexibility index (Phi) is 3.46. The molecule has 1 aromatic rings. The Morgan fingerprint density at radius 1 is 1.83 bits per heavy atom. The van der Waals surface area contributed by atoms with Crippen molar-refractivity contribution in [2.24, 2.45) is 11.7 Å². The summed E-state index contributed by atoms with van der Waals surface area (Å²) in [6.45, 7) is 2.32. The molecule has 0 saturated carbocycles. The zero-order chi connectivity index (χ0) is 9.14. The third kappa shape index (κ3) is 2.17. The summed E-state index contributed by atoms with van der Waals surface area (Å²) in [6, 6.07) is 0. The molecule has 0 amide bonds. The smallest absolute Gasteiger partial charge is 0.123 e. The van der Waals surface area contributed by atoms with E-state index in [2.05, 4.69) is 4.98 Å². The minimum atomic E-state index is -0.590. The molecule has 0 aromatic carbocycles. The summed E-state index contributed by atoms with van der Waals surface area (Å²) in [5.74, 6) is 0.0206. The van der Waals surface area contributed by atoms with E-state index in [1.807, 2.05) is 6.92 Å². The maximum atomic E-state index is 9.61. The lowest BCUT2D eigenvalue weighted by atomic mass is 10.1. The molecule has 0 aliphatic carbocycles. The van der Waals surface area contributed by atoms with E-state index in [-0.39, 0.29) is 5.92 Å². The van der Waals surface area contributed by atoms with E-state index >= 15 is 0 Å². The van der Waals surface area contributed by atoms with Gasteiger partial charge in [0.25, 0.3) is 0 Å².